The zero-order chi connectivity index (χ0) is 4.28. The van der Waals surface area contributed by atoms with E-state index < -0.39 is 0 Å². The highest BCUT2D eigenvalue weighted by Gasteiger charge is 1.68. The molecule has 0 aliphatic heterocycles. The Kier molecular flexibility index (Phi) is 2.38. The number of thiol groups is 1. The average Bonchev–Trinajstić information content (AvgIpc) is 1.38. The molecule has 0 bridgehead atoms. The molecule has 0 aromatic heterocycles. The van der Waals surface area contributed by atoms with Crippen LogP contribution in [-0.2, 0) is 0 Å². The second kappa shape index (κ2) is 2.33. The van der Waals surface area contributed by atoms with Crippen LogP contribution in [0.1, 0.15) is 13.3 Å². The van der Waals surface area contributed by atoms with Crippen LogP contribution in [0.5, 0.6) is 0 Å². The lowest BCUT2D eigenvalue weighted by atomic mass is 10.5. The van der Waals surface area contributed by atoms with E-state index in [1.54, 1.807) is 0 Å². The smallest absolute Gasteiger partial charge is 0.0256 e. The number of hydrogen-bond acceptors (Lipinski definition) is 1. The molecule has 0 rings (SSSR count). The van der Waals surface area contributed by atoms with Crippen LogP contribution in [0.3, 0.4) is 0 Å². The van der Waals surface area contributed by atoms with Gasteiger partial charge in [0.25, 0.3) is 0 Å². The van der Waals surface area contributed by atoms with Gasteiger partial charge in [-0.25, -0.2) is 0 Å². The second-order valence-electron chi connectivity index (χ2n) is 0.920. The van der Waals surface area contributed by atoms with Crippen LogP contribution in [0, 0.1) is 0 Å². The minimum atomic E-state index is 0.949. The second-order valence-corrected chi connectivity index (χ2v) is 1.55. The number of rotatable bonds is 1. The van der Waals surface area contributed by atoms with Crippen LogP contribution in [0.2, 0.25) is 0 Å². The topological polar surface area (TPSA) is 0 Å². The largest absolute Gasteiger partial charge is 0.149 e. The van der Waals surface area contributed by atoms with Crippen LogP contribution in [-0.4, -0.2) is 0 Å². The molecule has 0 N–H and O–H groups in total. The van der Waals surface area contributed by atoms with Crippen molar-refractivity contribution in [3.63, 3.8) is 0 Å². The fourth-order valence-electron chi connectivity index (χ4n) is 0. The van der Waals surface area contributed by atoms with Gasteiger partial charge in [-0.05, 0) is 11.3 Å². The lowest BCUT2D eigenvalue weighted by Crippen LogP contribution is -1.53. The summed E-state index contributed by atoms with van der Waals surface area (Å²) in [6, 6.07) is 0. The van der Waals surface area contributed by atoms with Gasteiger partial charge in [-0.1, -0.05) is 13.5 Å². The van der Waals surface area contributed by atoms with Crippen molar-refractivity contribution in [1.29, 1.82) is 0 Å². The van der Waals surface area contributed by atoms with Crippen molar-refractivity contribution in [2.24, 2.45) is 0 Å². The maximum absolute atomic E-state index is 3.90. The van der Waals surface area contributed by atoms with Gasteiger partial charge in [-0.2, -0.15) is 0 Å². The molecule has 0 radical (unpaired) electrons. The molecule has 5 heavy (non-hydrogen) atoms. The third kappa shape index (κ3) is 4.09. The van der Waals surface area contributed by atoms with Crippen LogP contribution in [0.15, 0.2) is 11.5 Å². The summed E-state index contributed by atoms with van der Waals surface area (Å²) in [5.74, 6) is 0. The highest BCUT2D eigenvalue weighted by molar-refractivity contribution is 7.84. The molecule has 0 aliphatic rings. The molecular formula is C4H8S. The van der Waals surface area contributed by atoms with E-state index in [1.165, 1.54) is 0 Å². The molecule has 0 aliphatic carbocycles. The molecule has 0 saturated carbocycles. The zero-order valence-corrected chi connectivity index (χ0v) is 4.26. The van der Waals surface area contributed by atoms with E-state index in [1.807, 2.05) is 6.92 Å². The fraction of sp³-hybridized carbons (Fsp3) is 0.500. The maximum Gasteiger partial charge on any atom is -0.0256 e. The van der Waals surface area contributed by atoms with Gasteiger partial charge >= 0.3 is 0 Å². The predicted molar refractivity (Wildman–Crippen MR) is 28.4 cm³/mol. The summed E-state index contributed by atoms with van der Waals surface area (Å²) in [5.41, 5.74) is 0. The Labute approximate surface area is 38.3 Å². The lowest BCUT2D eigenvalue weighted by Gasteiger charge is -1.78. The Morgan fingerprint density at radius 2 is 2.20 bits per heavy atom. The predicted octanol–water partition coefficient (Wildman–Crippen LogP) is 1.84. The zero-order valence-electron chi connectivity index (χ0n) is 3.36. The highest BCUT2D eigenvalue weighted by atomic mass is 32.1. The van der Waals surface area contributed by atoms with Gasteiger partial charge in [-0.15, -0.1) is 12.6 Å². The summed E-state index contributed by atoms with van der Waals surface area (Å²) in [5, 5.41) is 0. The summed E-state index contributed by atoms with van der Waals surface area (Å²) in [4.78, 5) is 0.949. The fourth-order valence-corrected chi connectivity index (χ4v) is 0. The highest BCUT2D eigenvalue weighted by Crippen LogP contribution is 1.97. The number of hydrogen-bond donors (Lipinski definition) is 1. The summed E-state index contributed by atoms with van der Waals surface area (Å²) in [7, 11) is 0. The SMILES string of the molecule is C=C(S)CC. The van der Waals surface area contributed by atoms with E-state index in [9.17, 15) is 0 Å². The Hall–Kier alpha value is 0.0900. The van der Waals surface area contributed by atoms with Gasteiger partial charge < -0.3 is 0 Å². The summed E-state index contributed by atoms with van der Waals surface area (Å²) in [6.45, 7) is 5.56. The molecule has 0 saturated heterocycles. The first-order valence-corrected chi connectivity index (χ1v) is 2.09. The van der Waals surface area contributed by atoms with Gasteiger partial charge in [-0.3, -0.25) is 0 Å². The van der Waals surface area contributed by atoms with Crippen molar-refractivity contribution in [2.75, 3.05) is 0 Å². The van der Waals surface area contributed by atoms with Crippen molar-refractivity contribution >= 4 is 12.6 Å². The van der Waals surface area contributed by atoms with E-state index in [-0.39, 0.29) is 0 Å². The van der Waals surface area contributed by atoms with E-state index in [4.69, 9.17) is 0 Å². The summed E-state index contributed by atoms with van der Waals surface area (Å²) in [6.07, 6.45) is 0.975. The molecule has 0 spiro atoms. The molecule has 0 fully saturated rings. The molecule has 0 amide bonds. The third-order valence-electron chi connectivity index (χ3n) is 0.408. The van der Waals surface area contributed by atoms with Crippen molar-refractivity contribution in [3.8, 4) is 0 Å². The third-order valence-corrected chi connectivity index (χ3v) is 0.724. The molecule has 1 heteroatoms. The molecule has 0 nitrogen and oxygen atoms in total. The van der Waals surface area contributed by atoms with E-state index >= 15 is 0 Å². The summed E-state index contributed by atoms with van der Waals surface area (Å²) >= 11 is 3.90. The number of allylic oxidation sites excluding steroid dienone is 1. The minimum Gasteiger partial charge on any atom is -0.149 e. The van der Waals surface area contributed by atoms with Crippen molar-refractivity contribution in [3.05, 3.63) is 11.5 Å². The molecular weight excluding hydrogens is 80.1 g/mol. The van der Waals surface area contributed by atoms with Crippen LogP contribution in [0.4, 0.5) is 0 Å². The van der Waals surface area contributed by atoms with Crippen LogP contribution in [0.25, 0.3) is 0 Å². The van der Waals surface area contributed by atoms with E-state index in [0.29, 0.717) is 0 Å². The quantitative estimate of drug-likeness (QED) is 0.464. The summed E-state index contributed by atoms with van der Waals surface area (Å²) < 4.78 is 0. The monoisotopic (exact) mass is 88.0 g/mol. The molecule has 30 valence electrons. The first-order chi connectivity index (χ1) is 2.27. The van der Waals surface area contributed by atoms with Crippen molar-refractivity contribution in [2.45, 2.75) is 13.3 Å². The van der Waals surface area contributed by atoms with Gasteiger partial charge in [0, 0.05) is 0 Å². The Morgan fingerprint density at radius 3 is 2.20 bits per heavy atom. The van der Waals surface area contributed by atoms with Gasteiger partial charge in [0.05, 0.1) is 0 Å². The van der Waals surface area contributed by atoms with Crippen LogP contribution < -0.4 is 0 Å². The Morgan fingerprint density at radius 1 is 2.00 bits per heavy atom. The first-order valence-electron chi connectivity index (χ1n) is 1.64. The molecule has 0 heterocycles. The maximum atomic E-state index is 3.90. The normalized spacial score (nSPS) is 7.60. The van der Waals surface area contributed by atoms with Crippen molar-refractivity contribution < 1.29 is 0 Å². The standard InChI is InChI=1S/C4H8S/c1-3-4(2)5/h5H,2-3H2,1H3. The van der Waals surface area contributed by atoms with E-state index in [2.05, 4.69) is 19.2 Å². The molecule has 0 atom stereocenters. The average molecular weight is 88.2 g/mol. The van der Waals surface area contributed by atoms with Crippen LogP contribution >= 0.6 is 12.6 Å². The van der Waals surface area contributed by atoms with Gasteiger partial charge in [0.15, 0.2) is 0 Å². The van der Waals surface area contributed by atoms with Gasteiger partial charge in [0.2, 0.25) is 0 Å². The first kappa shape index (κ1) is 5.09. The molecule has 0 unspecified atom stereocenters. The van der Waals surface area contributed by atoms with Gasteiger partial charge in [0.1, 0.15) is 0 Å². The molecule has 0 aromatic rings. The van der Waals surface area contributed by atoms with E-state index in [0.717, 1.165) is 11.3 Å². The van der Waals surface area contributed by atoms with Crippen molar-refractivity contribution in [1.82, 2.24) is 0 Å². The Bertz CT molecular complexity index is 38.9. The lowest BCUT2D eigenvalue weighted by molar-refractivity contribution is 1.21. The Balaban J connectivity index is 2.85. The molecule has 0 aromatic carbocycles. The minimum absolute atomic E-state index is 0.949.